The van der Waals surface area contributed by atoms with Crippen molar-refractivity contribution in [3.8, 4) is 23.0 Å². The van der Waals surface area contributed by atoms with Gasteiger partial charge >= 0.3 is 0 Å². The average Bonchev–Trinajstić information content (AvgIpc) is 3.25. The molecule has 5 rings (SSSR count). The molecule has 1 atom stereocenters. The Labute approximate surface area is 225 Å². The van der Waals surface area contributed by atoms with E-state index in [0.29, 0.717) is 35.7 Å². The smallest absolute Gasteiger partial charge is 0.264 e. The molecule has 4 radical (unpaired) electrons. The molecule has 4 aromatic rings. The molecule has 1 aliphatic rings. The monoisotopic (exact) mass is 547 g/mol. The number of benzene rings is 1. The summed E-state index contributed by atoms with van der Waals surface area (Å²) in [4.78, 5) is 3.35. The van der Waals surface area contributed by atoms with Crippen LogP contribution >= 0.6 is 11.6 Å². The predicted octanol–water partition coefficient (Wildman–Crippen LogP) is 3.47. The number of anilines is 1. The summed E-state index contributed by atoms with van der Waals surface area (Å²) in [5.41, 5.74) is 2.56. The highest BCUT2D eigenvalue weighted by Gasteiger charge is 2.25. The van der Waals surface area contributed by atoms with Crippen molar-refractivity contribution in [3.63, 3.8) is 0 Å². The molecule has 1 aromatic carbocycles. The molecule has 1 saturated heterocycles. The van der Waals surface area contributed by atoms with Crippen LogP contribution in [0.25, 0.3) is 16.6 Å². The normalized spacial score (nSPS) is 17.1. The summed E-state index contributed by atoms with van der Waals surface area (Å²) in [5, 5.41) is 6.30. The largest absolute Gasteiger partial charge is 0.328 e. The molecule has 0 spiro atoms. The second-order valence-electron chi connectivity index (χ2n) is 8.97. The van der Waals surface area contributed by atoms with E-state index < -0.39 is 31.9 Å². The number of nitrogens with one attached hydrogen (secondary N) is 2. The maximum absolute atomic E-state index is 14.1. The van der Waals surface area contributed by atoms with Crippen molar-refractivity contribution in [2.24, 2.45) is 5.92 Å². The van der Waals surface area contributed by atoms with E-state index >= 15 is 0 Å². The lowest BCUT2D eigenvalue weighted by Crippen LogP contribution is -2.51. The Kier molecular flexibility index (Phi) is 6.94. The molecule has 188 valence electrons. The number of hydrogen-bond acceptors (Lipinski definition) is 5. The fourth-order valence-corrected chi connectivity index (χ4v) is 5.52. The van der Waals surface area contributed by atoms with Crippen LogP contribution in [0, 0.1) is 29.4 Å². The highest BCUT2D eigenvalue weighted by molar-refractivity contribution is 7.92. The van der Waals surface area contributed by atoms with Crippen LogP contribution in [0.15, 0.2) is 59.9 Å². The predicted molar refractivity (Wildman–Crippen MR) is 142 cm³/mol. The third-order valence-electron chi connectivity index (χ3n) is 6.06. The number of fused-ring (bicyclic) bond motifs is 1. The van der Waals surface area contributed by atoms with Crippen molar-refractivity contribution in [1.82, 2.24) is 19.9 Å². The van der Waals surface area contributed by atoms with E-state index in [1.165, 1.54) is 12.3 Å². The minimum atomic E-state index is -4.41. The summed E-state index contributed by atoms with van der Waals surface area (Å²) < 4.78 is 56.8. The number of halogens is 3. The van der Waals surface area contributed by atoms with Gasteiger partial charge in [-0.1, -0.05) is 28.8 Å². The Hall–Kier alpha value is -3.39. The third kappa shape index (κ3) is 5.55. The molecule has 1 unspecified atom stereocenters. The van der Waals surface area contributed by atoms with Crippen LogP contribution in [0.4, 0.5) is 14.5 Å². The SMILES string of the molecule is [B]C1([B])CC(C#Cc2cnn3ccc(-c4cnc(Cl)c(NS(=O)(=O)c5ccc(F)cc5F)c4)cc23)CCN1. The van der Waals surface area contributed by atoms with E-state index in [4.69, 9.17) is 27.3 Å². The quantitative estimate of drug-likeness (QED) is 0.232. The average molecular weight is 548 g/mol. The van der Waals surface area contributed by atoms with Gasteiger partial charge in [-0.3, -0.25) is 4.72 Å². The molecule has 0 bridgehead atoms. The molecule has 13 heteroatoms. The van der Waals surface area contributed by atoms with Gasteiger partial charge in [0.15, 0.2) is 5.15 Å². The maximum atomic E-state index is 14.1. The number of pyridine rings is 2. The van der Waals surface area contributed by atoms with Crippen LogP contribution in [0.5, 0.6) is 0 Å². The Balaban J connectivity index is 1.45. The molecular weight excluding hydrogens is 529 g/mol. The molecule has 2 N–H and O–H groups in total. The fraction of sp³-hybridized carbons (Fsp3) is 0.200. The third-order valence-corrected chi connectivity index (χ3v) is 7.76. The molecule has 3 aromatic heterocycles. The lowest BCUT2D eigenvalue weighted by atomic mass is 9.56. The molecular formula is C25H18B2ClF2N5O2S. The summed E-state index contributed by atoms with van der Waals surface area (Å²) >= 11 is 6.13. The topological polar surface area (TPSA) is 88.4 Å². The van der Waals surface area contributed by atoms with Gasteiger partial charge in [-0.05, 0) is 55.3 Å². The Morgan fingerprint density at radius 2 is 1.97 bits per heavy atom. The van der Waals surface area contributed by atoms with E-state index in [2.05, 4.69) is 32.0 Å². The van der Waals surface area contributed by atoms with Gasteiger partial charge in [0, 0.05) is 29.9 Å². The number of piperidine rings is 1. The molecule has 38 heavy (non-hydrogen) atoms. The Bertz CT molecular complexity index is 1720. The van der Waals surface area contributed by atoms with Gasteiger partial charge in [-0.15, -0.1) is 0 Å². The minimum absolute atomic E-state index is 0.0337. The van der Waals surface area contributed by atoms with Gasteiger partial charge < -0.3 is 5.32 Å². The lowest BCUT2D eigenvalue weighted by molar-refractivity contribution is 0.388. The molecule has 0 amide bonds. The highest BCUT2D eigenvalue weighted by atomic mass is 35.5. The molecule has 7 nitrogen and oxygen atoms in total. The number of nitrogens with zero attached hydrogens (tertiary/aromatic N) is 3. The molecule has 1 fully saturated rings. The van der Waals surface area contributed by atoms with Crippen LogP contribution in [0.3, 0.4) is 0 Å². The standard InChI is InChI=1S/C25H18B2ClF2N5O2S/c26-25(27)12-15(5-7-32-25)1-2-17-14-33-35-8-6-16(10-22(17)35)18-9-21(24(28)31-13-18)34-38(36,37)23-4-3-19(29)11-20(23)30/h3-4,6,8-11,13-15,32,34H,5,7,12H2. The van der Waals surface area contributed by atoms with Gasteiger partial charge in [-0.25, -0.2) is 26.7 Å². The first-order chi connectivity index (χ1) is 18.0. The van der Waals surface area contributed by atoms with Crippen LogP contribution in [0.1, 0.15) is 18.4 Å². The lowest BCUT2D eigenvalue weighted by Gasteiger charge is -2.35. The summed E-state index contributed by atoms with van der Waals surface area (Å²) in [6.07, 6.45) is 6.20. The van der Waals surface area contributed by atoms with Crippen molar-refractivity contribution in [1.29, 1.82) is 0 Å². The second kappa shape index (κ2) is 10.1. The number of hydrogen-bond donors (Lipinski definition) is 2. The minimum Gasteiger partial charge on any atom is -0.328 e. The van der Waals surface area contributed by atoms with Crippen LogP contribution in [0.2, 0.25) is 5.15 Å². The van der Waals surface area contributed by atoms with Gasteiger partial charge in [0.2, 0.25) is 0 Å². The Morgan fingerprint density at radius 3 is 2.74 bits per heavy atom. The number of aromatic nitrogens is 3. The van der Waals surface area contributed by atoms with Crippen molar-refractivity contribution in [3.05, 3.63) is 77.3 Å². The zero-order valence-electron chi connectivity index (χ0n) is 19.7. The van der Waals surface area contributed by atoms with Crippen molar-refractivity contribution in [2.45, 2.75) is 23.1 Å². The van der Waals surface area contributed by atoms with Crippen LogP contribution in [-0.4, -0.2) is 50.6 Å². The maximum Gasteiger partial charge on any atom is 0.264 e. The summed E-state index contributed by atoms with van der Waals surface area (Å²) in [6, 6.07) is 7.24. The summed E-state index contributed by atoms with van der Waals surface area (Å²) in [7, 11) is 7.57. The van der Waals surface area contributed by atoms with Gasteiger partial charge in [-0.2, -0.15) is 5.10 Å². The summed E-state index contributed by atoms with van der Waals surface area (Å²) in [5.74, 6) is 4.31. The molecule has 4 heterocycles. The zero-order chi connectivity index (χ0) is 27.1. The van der Waals surface area contributed by atoms with Crippen molar-refractivity contribution < 1.29 is 17.2 Å². The molecule has 1 aliphatic heterocycles. The van der Waals surface area contributed by atoms with E-state index in [0.717, 1.165) is 24.1 Å². The van der Waals surface area contributed by atoms with Crippen LogP contribution in [-0.2, 0) is 10.0 Å². The van der Waals surface area contributed by atoms with Crippen molar-refractivity contribution in [2.75, 3.05) is 11.3 Å². The Morgan fingerprint density at radius 1 is 1.16 bits per heavy atom. The first kappa shape index (κ1) is 26.2. The first-order valence-corrected chi connectivity index (χ1v) is 13.3. The second-order valence-corrected chi connectivity index (χ2v) is 11.0. The molecule has 0 saturated carbocycles. The van der Waals surface area contributed by atoms with Crippen molar-refractivity contribution >= 4 is 48.5 Å². The van der Waals surface area contributed by atoms with Gasteiger partial charge in [0.25, 0.3) is 10.0 Å². The number of rotatable bonds is 4. The fourth-order valence-electron chi connectivity index (χ4n) is 4.19. The first-order valence-electron chi connectivity index (χ1n) is 11.5. The van der Waals surface area contributed by atoms with E-state index in [1.807, 2.05) is 6.07 Å². The number of sulfonamides is 1. The highest BCUT2D eigenvalue weighted by Crippen LogP contribution is 2.30. The summed E-state index contributed by atoms with van der Waals surface area (Å²) in [6.45, 7) is 0.675. The van der Waals surface area contributed by atoms with E-state index in [9.17, 15) is 17.2 Å². The van der Waals surface area contributed by atoms with E-state index in [1.54, 1.807) is 23.0 Å². The van der Waals surface area contributed by atoms with Gasteiger partial charge in [0.1, 0.15) is 16.5 Å². The van der Waals surface area contributed by atoms with Gasteiger partial charge in [0.05, 0.1) is 38.7 Å². The van der Waals surface area contributed by atoms with Crippen LogP contribution < -0.4 is 10.0 Å². The molecule has 0 aliphatic carbocycles. The van der Waals surface area contributed by atoms with E-state index in [-0.39, 0.29) is 16.8 Å². The zero-order valence-corrected chi connectivity index (χ0v) is 21.3.